The van der Waals surface area contributed by atoms with E-state index in [4.69, 9.17) is 4.74 Å². The number of hydrogen-bond donors (Lipinski definition) is 1. The summed E-state index contributed by atoms with van der Waals surface area (Å²) >= 11 is 0. The molecule has 19 heavy (non-hydrogen) atoms. The minimum Gasteiger partial charge on any atom is -0.393 e. The molecule has 3 heteroatoms. The molecular formula is C16H31NO2. The first-order chi connectivity index (χ1) is 8.84. The maximum atomic E-state index is 10.3. The van der Waals surface area contributed by atoms with Gasteiger partial charge in [-0.3, -0.25) is 0 Å². The van der Waals surface area contributed by atoms with Crippen molar-refractivity contribution in [2.75, 3.05) is 26.7 Å². The lowest BCUT2D eigenvalue weighted by Gasteiger charge is -2.44. The number of aliphatic hydroxyl groups excluding tert-OH is 1. The Balaban J connectivity index is 1.92. The quantitative estimate of drug-likeness (QED) is 0.855. The number of aliphatic hydroxyl groups is 1. The highest BCUT2D eigenvalue weighted by Crippen LogP contribution is 2.39. The Morgan fingerprint density at radius 1 is 1.26 bits per heavy atom. The van der Waals surface area contributed by atoms with Crippen LogP contribution in [0.5, 0.6) is 0 Å². The maximum absolute atomic E-state index is 10.3. The van der Waals surface area contributed by atoms with Crippen LogP contribution in [0, 0.1) is 11.3 Å². The second-order valence-corrected chi connectivity index (χ2v) is 7.73. The summed E-state index contributed by atoms with van der Waals surface area (Å²) in [5, 5.41) is 10.3. The average molecular weight is 269 g/mol. The Kier molecular flexibility index (Phi) is 4.59. The van der Waals surface area contributed by atoms with E-state index in [9.17, 15) is 5.11 Å². The first-order valence-corrected chi connectivity index (χ1v) is 7.79. The molecule has 3 unspecified atom stereocenters. The smallest absolute Gasteiger partial charge is 0.0777 e. The van der Waals surface area contributed by atoms with E-state index in [0.717, 1.165) is 45.3 Å². The Morgan fingerprint density at radius 3 is 2.68 bits per heavy atom. The summed E-state index contributed by atoms with van der Waals surface area (Å²) in [6.45, 7) is 10.1. The van der Waals surface area contributed by atoms with Crippen LogP contribution >= 0.6 is 0 Å². The summed E-state index contributed by atoms with van der Waals surface area (Å²) in [5.41, 5.74) is 0.400. The van der Waals surface area contributed by atoms with Crippen LogP contribution in [0.2, 0.25) is 0 Å². The number of likely N-dealkylation sites (tertiary alicyclic amines) is 1. The second-order valence-electron chi connectivity index (χ2n) is 7.73. The molecule has 1 N–H and O–H groups in total. The highest BCUT2D eigenvalue weighted by Gasteiger charge is 2.37. The fraction of sp³-hybridized carbons (Fsp3) is 1.00. The summed E-state index contributed by atoms with van der Waals surface area (Å²) in [5.74, 6) is 0.433. The Hall–Kier alpha value is -0.120. The van der Waals surface area contributed by atoms with Crippen LogP contribution in [0.3, 0.4) is 0 Å². The predicted octanol–water partition coefficient (Wildman–Crippen LogP) is 2.67. The second kappa shape index (κ2) is 5.71. The minimum atomic E-state index is -0.108. The van der Waals surface area contributed by atoms with Crippen molar-refractivity contribution in [2.24, 2.45) is 11.3 Å². The molecule has 0 radical (unpaired) electrons. The average Bonchev–Trinajstić information content (AvgIpc) is 2.34. The molecule has 1 saturated heterocycles. The van der Waals surface area contributed by atoms with Gasteiger partial charge >= 0.3 is 0 Å². The van der Waals surface area contributed by atoms with E-state index in [-0.39, 0.29) is 11.7 Å². The summed E-state index contributed by atoms with van der Waals surface area (Å²) in [4.78, 5) is 2.50. The summed E-state index contributed by atoms with van der Waals surface area (Å²) in [7, 11) is 1.82. The lowest BCUT2D eigenvalue weighted by atomic mass is 9.70. The van der Waals surface area contributed by atoms with Gasteiger partial charge in [-0.25, -0.2) is 0 Å². The zero-order valence-electron chi connectivity index (χ0n) is 13.1. The first-order valence-electron chi connectivity index (χ1n) is 7.79. The molecule has 1 aliphatic heterocycles. The van der Waals surface area contributed by atoms with E-state index >= 15 is 0 Å². The number of piperidine rings is 1. The van der Waals surface area contributed by atoms with Gasteiger partial charge in [-0.15, -0.1) is 0 Å². The van der Waals surface area contributed by atoms with E-state index in [1.165, 1.54) is 6.42 Å². The number of hydrogen-bond acceptors (Lipinski definition) is 3. The predicted molar refractivity (Wildman–Crippen MR) is 78.2 cm³/mol. The molecule has 3 atom stereocenters. The first kappa shape index (κ1) is 15.3. The van der Waals surface area contributed by atoms with Gasteiger partial charge in [-0.1, -0.05) is 13.8 Å². The van der Waals surface area contributed by atoms with Crippen molar-refractivity contribution in [1.29, 1.82) is 0 Å². The molecule has 0 bridgehead atoms. The van der Waals surface area contributed by atoms with Crippen LogP contribution in [-0.2, 0) is 4.74 Å². The molecule has 3 nitrogen and oxygen atoms in total. The maximum Gasteiger partial charge on any atom is 0.0777 e. The Morgan fingerprint density at radius 2 is 2.00 bits per heavy atom. The highest BCUT2D eigenvalue weighted by molar-refractivity contribution is 4.90. The number of methoxy groups -OCH3 is 1. The highest BCUT2D eigenvalue weighted by atomic mass is 16.5. The van der Waals surface area contributed by atoms with Crippen LogP contribution in [0.1, 0.15) is 52.9 Å². The summed E-state index contributed by atoms with van der Waals surface area (Å²) in [6.07, 6.45) is 5.51. The van der Waals surface area contributed by atoms with Gasteiger partial charge in [0.15, 0.2) is 0 Å². The molecule has 0 aromatic carbocycles. The molecule has 112 valence electrons. The van der Waals surface area contributed by atoms with E-state index in [1.54, 1.807) is 0 Å². The standard InChI is InChI=1S/C16H31NO2/c1-15(2)8-6-14(18)13(10-15)11-17-9-5-7-16(3,12-17)19-4/h13-14,18H,5-12H2,1-4H3. The Bertz CT molecular complexity index is 305. The van der Waals surface area contributed by atoms with Crippen molar-refractivity contribution in [3.63, 3.8) is 0 Å². The van der Waals surface area contributed by atoms with Crippen molar-refractivity contribution in [3.05, 3.63) is 0 Å². The molecular weight excluding hydrogens is 238 g/mol. The van der Waals surface area contributed by atoms with Crippen LogP contribution < -0.4 is 0 Å². The zero-order valence-corrected chi connectivity index (χ0v) is 13.1. The van der Waals surface area contributed by atoms with Gasteiger partial charge in [0, 0.05) is 20.2 Å². The van der Waals surface area contributed by atoms with Gasteiger partial charge < -0.3 is 14.7 Å². The van der Waals surface area contributed by atoms with E-state index in [0.29, 0.717) is 11.3 Å². The molecule has 2 aliphatic rings. The van der Waals surface area contributed by atoms with Crippen molar-refractivity contribution in [2.45, 2.75) is 64.6 Å². The van der Waals surface area contributed by atoms with Crippen molar-refractivity contribution < 1.29 is 9.84 Å². The number of ether oxygens (including phenoxy) is 1. The summed E-state index contributed by atoms with van der Waals surface area (Å²) in [6, 6.07) is 0. The monoisotopic (exact) mass is 269 g/mol. The topological polar surface area (TPSA) is 32.7 Å². The van der Waals surface area contributed by atoms with Crippen LogP contribution in [0.25, 0.3) is 0 Å². The van der Waals surface area contributed by atoms with Crippen LogP contribution in [-0.4, -0.2) is 48.5 Å². The molecule has 1 aliphatic carbocycles. The molecule has 0 spiro atoms. The zero-order chi connectivity index (χ0) is 14.1. The fourth-order valence-electron chi connectivity index (χ4n) is 3.87. The van der Waals surface area contributed by atoms with Gasteiger partial charge in [-0.2, -0.15) is 0 Å². The third-order valence-corrected chi connectivity index (χ3v) is 5.20. The lowest BCUT2D eigenvalue weighted by Crippen LogP contribution is -2.50. The third-order valence-electron chi connectivity index (χ3n) is 5.20. The lowest BCUT2D eigenvalue weighted by molar-refractivity contribution is -0.0659. The normalized spacial score (nSPS) is 40.3. The van der Waals surface area contributed by atoms with Gasteiger partial charge in [0.05, 0.1) is 11.7 Å². The molecule has 2 fully saturated rings. The molecule has 0 amide bonds. The summed E-state index contributed by atoms with van der Waals surface area (Å²) < 4.78 is 5.66. The molecule has 0 aromatic heterocycles. The van der Waals surface area contributed by atoms with Gasteiger partial charge in [0.1, 0.15) is 0 Å². The molecule has 2 rings (SSSR count). The van der Waals surface area contributed by atoms with Crippen molar-refractivity contribution >= 4 is 0 Å². The Labute approximate surface area is 118 Å². The van der Waals surface area contributed by atoms with Gasteiger partial charge in [-0.05, 0) is 56.9 Å². The van der Waals surface area contributed by atoms with E-state index in [2.05, 4.69) is 25.7 Å². The van der Waals surface area contributed by atoms with Crippen LogP contribution in [0.4, 0.5) is 0 Å². The van der Waals surface area contributed by atoms with E-state index in [1.807, 2.05) is 7.11 Å². The van der Waals surface area contributed by atoms with Crippen LogP contribution in [0.15, 0.2) is 0 Å². The number of rotatable bonds is 3. The fourth-order valence-corrected chi connectivity index (χ4v) is 3.87. The van der Waals surface area contributed by atoms with E-state index < -0.39 is 0 Å². The largest absolute Gasteiger partial charge is 0.393 e. The third kappa shape index (κ3) is 3.93. The molecule has 0 aromatic rings. The minimum absolute atomic E-state index is 0.00733. The number of nitrogens with zero attached hydrogens (tertiary/aromatic N) is 1. The SMILES string of the molecule is COC1(C)CCCN(CC2CC(C)(C)CCC2O)C1. The molecule has 1 saturated carbocycles. The van der Waals surface area contributed by atoms with Gasteiger partial charge in [0.25, 0.3) is 0 Å². The molecule has 1 heterocycles. The van der Waals surface area contributed by atoms with Crippen molar-refractivity contribution in [3.8, 4) is 0 Å². The van der Waals surface area contributed by atoms with Crippen molar-refractivity contribution in [1.82, 2.24) is 4.90 Å². The van der Waals surface area contributed by atoms with Gasteiger partial charge in [0.2, 0.25) is 0 Å².